The van der Waals surface area contributed by atoms with Crippen LogP contribution in [-0.4, -0.2) is 46.1 Å². The Labute approximate surface area is 125 Å². The zero-order chi connectivity index (χ0) is 15.8. The van der Waals surface area contributed by atoms with Crippen LogP contribution in [0, 0.1) is 0 Å². The summed E-state index contributed by atoms with van der Waals surface area (Å²) < 4.78 is 5.47. The maximum absolute atomic E-state index is 11.6. The zero-order valence-corrected chi connectivity index (χ0v) is 13.2. The number of ether oxygens (including phenoxy) is 1. The summed E-state index contributed by atoms with van der Waals surface area (Å²) in [6, 6.07) is 0.317. The number of nitrogens with zero attached hydrogens (tertiary/aromatic N) is 3. The van der Waals surface area contributed by atoms with Crippen LogP contribution in [0.2, 0.25) is 0 Å². The first-order chi connectivity index (χ1) is 9.90. The molecule has 0 aromatic carbocycles. The molecule has 0 unspecified atom stereocenters. The second-order valence-corrected chi connectivity index (χ2v) is 5.04. The van der Waals surface area contributed by atoms with Gasteiger partial charge in [0.05, 0.1) is 12.6 Å². The molecule has 1 aromatic heterocycles. The highest BCUT2D eigenvalue weighted by Gasteiger charge is 2.10. The van der Waals surface area contributed by atoms with Crippen molar-refractivity contribution in [1.82, 2.24) is 20.3 Å². The lowest BCUT2D eigenvalue weighted by molar-refractivity contribution is -0.119. The van der Waals surface area contributed by atoms with Gasteiger partial charge in [0.15, 0.2) is 0 Å². The summed E-state index contributed by atoms with van der Waals surface area (Å²) in [5, 5.41) is 8.65. The summed E-state index contributed by atoms with van der Waals surface area (Å²) in [5.41, 5.74) is 0. The van der Waals surface area contributed by atoms with E-state index in [2.05, 4.69) is 30.9 Å². The first kappa shape index (κ1) is 16.9. The largest absolute Gasteiger partial charge is 0.461 e. The Bertz CT molecular complexity index is 464. The number of hydrogen-bond acceptors (Lipinski definition) is 7. The SMILES string of the molecule is CCNc1nc(NCC(=O)NC(C)C)nc(OC(C)C)n1. The predicted octanol–water partition coefficient (Wildman–Crippen LogP) is 1.03. The van der Waals surface area contributed by atoms with Gasteiger partial charge in [0.25, 0.3) is 0 Å². The molecule has 0 fully saturated rings. The van der Waals surface area contributed by atoms with Crippen molar-refractivity contribution in [1.29, 1.82) is 0 Å². The fraction of sp³-hybridized carbons (Fsp3) is 0.692. The van der Waals surface area contributed by atoms with Crippen molar-refractivity contribution in [2.45, 2.75) is 46.8 Å². The van der Waals surface area contributed by atoms with Crippen LogP contribution in [-0.2, 0) is 4.79 Å². The third kappa shape index (κ3) is 6.73. The predicted molar refractivity (Wildman–Crippen MR) is 81.5 cm³/mol. The molecular weight excluding hydrogens is 272 g/mol. The van der Waals surface area contributed by atoms with Crippen molar-refractivity contribution >= 4 is 17.8 Å². The molecular formula is C13H24N6O2. The summed E-state index contributed by atoms with van der Waals surface area (Å²) in [6.45, 7) is 10.3. The average Bonchev–Trinajstić information content (AvgIpc) is 2.35. The smallest absolute Gasteiger partial charge is 0.323 e. The number of nitrogens with one attached hydrogen (secondary N) is 3. The molecule has 8 heteroatoms. The van der Waals surface area contributed by atoms with Gasteiger partial charge in [-0.25, -0.2) is 0 Å². The highest BCUT2D eigenvalue weighted by Crippen LogP contribution is 2.12. The fourth-order valence-corrected chi connectivity index (χ4v) is 1.47. The molecule has 0 saturated heterocycles. The molecule has 1 amide bonds. The molecule has 0 bridgehead atoms. The lowest BCUT2D eigenvalue weighted by atomic mass is 10.4. The highest BCUT2D eigenvalue weighted by atomic mass is 16.5. The molecule has 1 heterocycles. The Hall–Kier alpha value is -2.12. The second-order valence-electron chi connectivity index (χ2n) is 5.04. The van der Waals surface area contributed by atoms with Crippen LogP contribution in [0.1, 0.15) is 34.6 Å². The lowest BCUT2D eigenvalue weighted by Gasteiger charge is -2.12. The van der Waals surface area contributed by atoms with E-state index in [4.69, 9.17) is 4.74 Å². The number of carbonyl (C=O) groups is 1. The van der Waals surface area contributed by atoms with Gasteiger partial charge in [-0.15, -0.1) is 0 Å². The number of anilines is 2. The van der Waals surface area contributed by atoms with Gasteiger partial charge in [0.2, 0.25) is 17.8 Å². The highest BCUT2D eigenvalue weighted by molar-refractivity contribution is 5.80. The van der Waals surface area contributed by atoms with Crippen molar-refractivity contribution in [3.8, 4) is 6.01 Å². The third-order valence-electron chi connectivity index (χ3n) is 2.15. The Morgan fingerprint density at radius 3 is 2.24 bits per heavy atom. The Balaban J connectivity index is 2.75. The molecule has 8 nitrogen and oxygen atoms in total. The maximum Gasteiger partial charge on any atom is 0.323 e. The van der Waals surface area contributed by atoms with Crippen LogP contribution >= 0.6 is 0 Å². The Morgan fingerprint density at radius 1 is 1.10 bits per heavy atom. The van der Waals surface area contributed by atoms with Crippen LogP contribution in [0.5, 0.6) is 6.01 Å². The van der Waals surface area contributed by atoms with Gasteiger partial charge in [-0.2, -0.15) is 15.0 Å². The van der Waals surface area contributed by atoms with E-state index in [1.807, 2.05) is 34.6 Å². The number of carbonyl (C=O) groups excluding carboxylic acids is 1. The molecule has 1 rings (SSSR count). The van der Waals surface area contributed by atoms with E-state index in [1.54, 1.807) is 0 Å². The van der Waals surface area contributed by atoms with Crippen LogP contribution < -0.4 is 20.7 Å². The minimum Gasteiger partial charge on any atom is -0.461 e. The van der Waals surface area contributed by atoms with Gasteiger partial charge in [-0.1, -0.05) is 0 Å². The number of rotatable bonds is 8. The van der Waals surface area contributed by atoms with Gasteiger partial charge >= 0.3 is 6.01 Å². The third-order valence-corrected chi connectivity index (χ3v) is 2.15. The number of amides is 1. The van der Waals surface area contributed by atoms with Crippen LogP contribution in [0.3, 0.4) is 0 Å². The molecule has 0 aliphatic rings. The number of hydrogen-bond donors (Lipinski definition) is 3. The van der Waals surface area contributed by atoms with Gasteiger partial charge in [-0.3, -0.25) is 4.79 Å². The molecule has 0 aliphatic heterocycles. The van der Waals surface area contributed by atoms with Gasteiger partial charge in [0, 0.05) is 12.6 Å². The van der Waals surface area contributed by atoms with Crippen molar-refractivity contribution in [3.63, 3.8) is 0 Å². The molecule has 0 saturated carbocycles. The molecule has 118 valence electrons. The molecule has 1 aromatic rings. The average molecular weight is 296 g/mol. The monoisotopic (exact) mass is 296 g/mol. The fourth-order valence-electron chi connectivity index (χ4n) is 1.47. The standard InChI is InChI=1S/C13H24N6O2/c1-6-14-11-17-12(15-7-10(20)16-8(2)3)19-13(18-11)21-9(4)5/h8-9H,6-7H2,1-5H3,(H,16,20)(H2,14,15,17,18,19). The topological polar surface area (TPSA) is 101 Å². The van der Waals surface area contributed by atoms with Gasteiger partial charge in [-0.05, 0) is 34.6 Å². The van der Waals surface area contributed by atoms with E-state index in [0.29, 0.717) is 18.4 Å². The summed E-state index contributed by atoms with van der Waals surface area (Å²) in [4.78, 5) is 24.1. The van der Waals surface area contributed by atoms with Crippen LogP contribution in [0.25, 0.3) is 0 Å². The second kappa shape index (κ2) is 8.23. The van der Waals surface area contributed by atoms with E-state index in [-0.39, 0.29) is 30.6 Å². The lowest BCUT2D eigenvalue weighted by Crippen LogP contribution is -2.35. The van der Waals surface area contributed by atoms with Crippen molar-refractivity contribution in [2.75, 3.05) is 23.7 Å². The first-order valence-corrected chi connectivity index (χ1v) is 7.10. The Morgan fingerprint density at radius 2 is 1.71 bits per heavy atom. The molecule has 3 N–H and O–H groups in total. The van der Waals surface area contributed by atoms with E-state index < -0.39 is 0 Å². The summed E-state index contributed by atoms with van der Waals surface area (Å²) in [5.74, 6) is 0.590. The van der Waals surface area contributed by atoms with Gasteiger partial charge in [0.1, 0.15) is 0 Å². The summed E-state index contributed by atoms with van der Waals surface area (Å²) in [7, 11) is 0. The Kier molecular flexibility index (Phi) is 6.64. The summed E-state index contributed by atoms with van der Waals surface area (Å²) in [6.07, 6.45) is -0.0426. The van der Waals surface area contributed by atoms with Crippen molar-refractivity contribution < 1.29 is 9.53 Å². The van der Waals surface area contributed by atoms with Crippen molar-refractivity contribution in [3.05, 3.63) is 0 Å². The minimum absolute atomic E-state index is 0.0426. The van der Waals surface area contributed by atoms with E-state index in [1.165, 1.54) is 0 Å². The molecule has 21 heavy (non-hydrogen) atoms. The summed E-state index contributed by atoms with van der Waals surface area (Å²) >= 11 is 0. The van der Waals surface area contributed by atoms with Crippen LogP contribution in [0.4, 0.5) is 11.9 Å². The van der Waals surface area contributed by atoms with Gasteiger partial charge < -0.3 is 20.7 Å². The maximum atomic E-state index is 11.6. The minimum atomic E-state index is -0.123. The quantitative estimate of drug-likeness (QED) is 0.658. The number of aromatic nitrogens is 3. The van der Waals surface area contributed by atoms with Crippen LogP contribution in [0.15, 0.2) is 0 Å². The molecule has 0 atom stereocenters. The van der Waals surface area contributed by atoms with Crippen molar-refractivity contribution in [2.24, 2.45) is 0 Å². The molecule has 0 spiro atoms. The first-order valence-electron chi connectivity index (χ1n) is 7.10. The van der Waals surface area contributed by atoms with E-state index in [0.717, 1.165) is 0 Å². The normalized spacial score (nSPS) is 10.6. The molecule has 0 radical (unpaired) electrons. The van der Waals surface area contributed by atoms with E-state index in [9.17, 15) is 4.79 Å². The molecule has 0 aliphatic carbocycles. The van der Waals surface area contributed by atoms with E-state index >= 15 is 0 Å². The zero-order valence-electron chi connectivity index (χ0n) is 13.2.